The summed E-state index contributed by atoms with van der Waals surface area (Å²) in [5.41, 5.74) is 6.50. The Morgan fingerprint density at radius 1 is 1.39 bits per heavy atom. The summed E-state index contributed by atoms with van der Waals surface area (Å²) in [6.07, 6.45) is 1.51. The molecule has 0 spiro atoms. The van der Waals surface area contributed by atoms with Gasteiger partial charge in [-0.25, -0.2) is 9.37 Å². The summed E-state index contributed by atoms with van der Waals surface area (Å²) in [6.45, 7) is 0. The molecule has 3 nitrogen and oxygen atoms in total. The van der Waals surface area contributed by atoms with Gasteiger partial charge in [-0.3, -0.25) is 4.21 Å². The van der Waals surface area contributed by atoms with Crippen LogP contribution in [-0.4, -0.2) is 9.19 Å². The maximum atomic E-state index is 13.1. The fourth-order valence-corrected chi connectivity index (χ4v) is 2.89. The normalized spacial score (nSPS) is 12.3. The Morgan fingerprint density at radius 3 is 2.89 bits per heavy atom. The van der Waals surface area contributed by atoms with Crippen molar-refractivity contribution in [2.75, 3.05) is 5.73 Å². The molecule has 0 aliphatic carbocycles. The lowest BCUT2D eigenvalue weighted by molar-refractivity contribution is 0.626. The lowest BCUT2D eigenvalue weighted by Crippen LogP contribution is -2.03. The number of nitrogens with two attached hydrogens (primary N) is 1. The van der Waals surface area contributed by atoms with Crippen LogP contribution in [-0.2, 0) is 16.6 Å². The molecule has 0 saturated carbocycles. The minimum atomic E-state index is -1.45. The molecule has 0 aliphatic rings. The van der Waals surface area contributed by atoms with Crippen LogP contribution in [0.2, 0.25) is 5.02 Å². The molecule has 1 unspecified atom stereocenters. The van der Waals surface area contributed by atoms with Gasteiger partial charge in [0.25, 0.3) is 0 Å². The van der Waals surface area contributed by atoms with E-state index in [2.05, 4.69) is 4.98 Å². The van der Waals surface area contributed by atoms with Gasteiger partial charge >= 0.3 is 0 Å². The van der Waals surface area contributed by atoms with Gasteiger partial charge in [-0.2, -0.15) is 0 Å². The zero-order valence-electron chi connectivity index (χ0n) is 9.27. The third kappa shape index (κ3) is 2.86. The zero-order chi connectivity index (χ0) is 13.1. The van der Waals surface area contributed by atoms with Gasteiger partial charge in [0.05, 0.1) is 22.2 Å². The first-order valence-electron chi connectivity index (χ1n) is 5.10. The highest BCUT2D eigenvalue weighted by Crippen LogP contribution is 2.22. The van der Waals surface area contributed by atoms with Gasteiger partial charge in [-0.1, -0.05) is 11.6 Å². The second-order valence-corrected chi connectivity index (χ2v) is 5.40. The summed E-state index contributed by atoms with van der Waals surface area (Å²) in [6, 6.07) is 7.23. The second kappa shape index (κ2) is 5.46. The summed E-state index contributed by atoms with van der Waals surface area (Å²) in [4.78, 5) is 3.96. The Labute approximate surface area is 111 Å². The largest absolute Gasteiger partial charge is 0.396 e. The lowest BCUT2D eigenvalue weighted by Gasteiger charge is -2.06. The third-order valence-electron chi connectivity index (χ3n) is 2.31. The molecule has 0 amide bonds. The Bertz CT molecular complexity index is 606. The number of halogens is 2. The van der Waals surface area contributed by atoms with E-state index >= 15 is 0 Å². The summed E-state index contributed by atoms with van der Waals surface area (Å²) < 4.78 is 25.2. The third-order valence-corrected chi connectivity index (χ3v) is 4.02. The van der Waals surface area contributed by atoms with Crippen molar-refractivity contribution in [3.63, 3.8) is 0 Å². The molecular formula is C12H10ClFN2OS. The Kier molecular flexibility index (Phi) is 3.93. The van der Waals surface area contributed by atoms with Crippen molar-refractivity contribution in [1.82, 2.24) is 4.98 Å². The van der Waals surface area contributed by atoms with Crippen molar-refractivity contribution >= 4 is 28.1 Å². The highest BCUT2D eigenvalue weighted by Gasteiger charge is 2.12. The second-order valence-electron chi connectivity index (χ2n) is 3.62. The van der Waals surface area contributed by atoms with Gasteiger partial charge < -0.3 is 5.73 Å². The molecule has 0 saturated heterocycles. The van der Waals surface area contributed by atoms with Gasteiger partial charge in [0, 0.05) is 11.2 Å². The van der Waals surface area contributed by atoms with E-state index in [1.807, 2.05) is 0 Å². The molecule has 1 aromatic carbocycles. The van der Waals surface area contributed by atoms with Crippen molar-refractivity contribution in [3.8, 4) is 0 Å². The van der Waals surface area contributed by atoms with Crippen LogP contribution in [0.3, 0.4) is 0 Å². The highest BCUT2D eigenvalue weighted by molar-refractivity contribution is 7.84. The number of hydrogen-bond acceptors (Lipinski definition) is 3. The molecule has 1 aromatic heterocycles. The van der Waals surface area contributed by atoms with Crippen LogP contribution in [0.1, 0.15) is 5.56 Å². The Balaban J connectivity index is 2.27. The summed E-state index contributed by atoms with van der Waals surface area (Å²) in [7, 11) is -1.45. The van der Waals surface area contributed by atoms with Gasteiger partial charge in [-0.15, -0.1) is 0 Å². The number of benzene rings is 1. The van der Waals surface area contributed by atoms with Crippen LogP contribution in [0.4, 0.5) is 10.1 Å². The predicted molar refractivity (Wildman–Crippen MR) is 70.2 cm³/mol. The van der Waals surface area contributed by atoms with Crippen LogP contribution in [0, 0.1) is 5.82 Å². The standard InChI is InChI=1S/C12H10ClFN2OS/c13-10-4-3-9(14)6-8(10)7-18(17)12-11(15)2-1-5-16-12/h1-6H,7,15H2. The Hall–Kier alpha value is -1.46. The molecule has 0 radical (unpaired) electrons. The van der Waals surface area contributed by atoms with Crippen LogP contribution in [0.25, 0.3) is 0 Å². The van der Waals surface area contributed by atoms with E-state index in [0.29, 0.717) is 16.3 Å². The minimum Gasteiger partial charge on any atom is -0.396 e. The fourth-order valence-electron chi connectivity index (χ4n) is 1.46. The average Bonchev–Trinajstić information content (AvgIpc) is 2.34. The Morgan fingerprint density at radius 2 is 2.17 bits per heavy atom. The molecule has 0 aliphatic heterocycles. The van der Waals surface area contributed by atoms with E-state index < -0.39 is 16.6 Å². The van der Waals surface area contributed by atoms with E-state index in [4.69, 9.17) is 17.3 Å². The number of pyridine rings is 1. The molecule has 94 valence electrons. The fraction of sp³-hybridized carbons (Fsp3) is 0.0833. The first kappa shape index (κ1) is 13.0. The monoisotopic (exact) mass is 284 g/mol. The van der Waals surface area contributed by atoms with E-state index in [0.717, 1.165) is 0 Å². The SMILES string of the molecule is Nc1cccnc1S(=O)Cc1cc(F)ccc1Cl. The summed E-state index contributed by atoms with van der Waals surface area (Å²) >= 11 is 5.91. The van der Waals surface area contributed by atoms with Crippen LogP contribution in [0.15, 0.2) is 41.6 Å². The van der Waals surface area contributed by atoms with Crippen molar-refractivity contribution in [2.24, 2.45) is 0 Å². The summed E-state index contributed by atoms with van der Waals surface area (Å²) in [5.74, 6) is -0.335. The minimum absolute atomic E-state index is 0.0812. The molecule has 0 bridgehead atoms. The quantitative estimate of drug-likeness (QED) is 0.943. The molecule has 18 heavy (non-hydrogen) atoms. The van der Waals surface area contributed by atoms with Crippen molar-refractivity contribution in [2.45, 2.75) is 10.8 Å². The molecule has 2 N–H and O–H groups in total. The molecule has 2 rings (SSSR count). The number of anilines is 1. The number of hydrogen-bond donors (Lipinski definition) is 1. The van der Waals surface area contributed by atoms with Gasteiger partial charge in [0.2, 0.25) is 0 Å². The average molecular weight is 285 g/mol. The lowest BCUT2D eigenvalue weighted by atomic mass is 10.2. The van der Waals surface area contributed by atoms with Gasteiger partial charge in [0.1, 0.15) is 10.8 Å². The van der Waals surface area contributed by atoms with Crippen LogP contribution < -0.4 is 5.73 Å². The van der Waals surface area contributed by atoms with Gasteiger partial charge in [0.15, 0.2) is 0 Å². The van der Waals surface area contributed by atoms with E-state index in [-0.39, 0.29) is 10.8 Å². The maximum Gasteiger partial charge on any atom is 0.150 e. The number of rotatable bonds is 3. The maximum absolute atomic E-state index is 13.1. The number of nitrogen functional groups attached to an aromatic ring is 1. The first-order valence-corrected chi connectivity index (χ1v) is 6.80. The first-order chi connectivity index (χ1) is 8.58. The molecule has 1 atom stereocenters. The van der Waals surface area contributed by atoms with Crippen molar-refractivity contribution in [3.05, 3.63) is 52.9 Å². The molecule has 6 heteroatoms. The molecule has 1 heterocycles. The molecule has 0 fully saturated rings. The predicted octanol–water partition coefficient (Wildman–Crippen LogP) is 2.76. The van der Waals surface area contributed by atoms with E-state index in [1.54, 1.807) is 12.1 Å². The van der Waals surface area contributed by atoms with Crippen LogP contribution in [0.5, 0.6) is 0 Å². The molecule has 2 aromatic rings. The van der Waals surface area contributed by atoms with E-state index in [9.17, 15) is 8.60 Å². The zero-order valence-corrected chi connectivity index (χ0v) is 10.8. The number of aromatic nitrogens is 1. The number of nitrogens with zero attached hydrogens (tertiary/aromatic N) is 1. The smallest absolute Gasteiger partial charge is 0.150 e. The van der Waals surface area contributed by atoms with E-state index in [1.165, 1.54) is 24.4 Å². The topological polar surface area (TPSA) is 56.0 Å². The summed E-state index contributed by atoms with van der Waals surface area (Å²) in [5, 5.41) is 0.664. The van der Waals surface area contributed by atoms with Crippen molar-refractivity contribution in [1.29, 1.82) is 0 Å². The molecular weight excluding hydrogens is 275 g/mol. The van der Waals surface area contributed by atoms with Gasteiger partial charge in [-0.05, 0) is 35.9 Å². The highest BCUT2D eigenvalue weighted by atomic mass is 35.5. The van der Waals surface area contributed by atoms with Crippen LogP contribution >= 0.6 is 11.6 Å². The van der Waals surface area contributed by atoms with Crippen molar-refractivity contribution < 1.29 is 8.60 Å².